The molecule has 1 fully saturated rings. The number of ether oxygens (including phenoxy) is 1. The first-order chi connectivity index (χ1) is 8.97. The number of hydrogen-bond donors (Lipinski definition) is 1. The first-order valence-electron chi connectivity index (χ1n) is 6.80. The molecule has 0 bridgehead atoms. The predicted octanol–water partition coefficient (Wildman–Crippen LogP) is -0.452. The number of nitrogens with zero attached hydrogens (tertiary/aromatic N) is 2. The van der Waals surface area contributed by atoms with E-state index in [0.717, 1.165) is 13.1 Å². The van der Waals surface area contributed by atoms with Crippen molar-refractivity contribution in [2.45, 2.75) is 19.9 Å². The van der Waals surface area contributed by atoms with E-state index in [2.05, 4.69) is 10.2 Å². The topological polar surface area (TPSA) is 61.9 Å². The van der Waals surface area contributed by atoms with Crippen LogP contribution in [-0.4, -0.2) is 74.6 Å². The lowest BCUT2D eigenvalue weighted by atomic mass is 10.1. The van der Waals surface area contributed by atoms with Gasteiger partial charge in [0.05, 0.1) is 12.5 Å². The summed E-state index contributed by atoms with van der Waals surface area (Å²) in [4.78, 5) is 27.4. The van der Waals surface area contributed by atoms with E-state index in [-0.39, 0.29) is 23.8 Å². The lowest BCUT2D eigenvalue weighted by Crippen LogP contribution is -2.58. The molecule has 19 heavy (non-hydrogen) atoms. The van der Waals surface area contributed by atoms with Crippen LogP contribution in [0.5, 0.6) is 0 Å². The molecule has 0 aromatic heterocycles. The van der Waals surface area contributed by atoms with Crippen molar-refractivity contribution in [3.63, 3.8) is 0 Å². The third-order valence-corrected chi connectivity index (χ3v) is 3.28. The molecule has 1 amide bonds. The number of hydrogen-bond acceptors (Lipinski definition) is 5. The zero-order valence-electron chi connectivity index (χ0n) is 12.3. The number of carbonyl (C=O) groups is 2. The van der Waals surface area contributed by atoms with E-state index >= 15 is 0 Å². The van der Waals surface area contributed by atoms with Crippen LogP contribution < -0.4 is 5.32 Å². The fraction of sp³-hybridized carbons (Fsp3) is 0.846. The van der Waals surface area contributed by atoms with Crippen molar-refractivity contribution in [1.29, 1.82) is 0 Å². The van der Waals surface area contributed by atoms with Crippen molar-refractivity contribution in [2.24, 2.45) is 5.92 Å². The molecule has 0 aromatic rings. The third kappa shape index (κ3) is 4.47. The van der Waals surface area contributed by atoms with Crippen LogP contribution in [0.3, 0.4) is 0 Å². The summed E-state index contributed by atoms with van der Waals surface area (Å²) in [6, 6.07) is -0.194. The molecule has 6 heteroatoms. The minimum absolute atomic E-state index is 0.0725. The maximum absolute atomic E-state index is 12.1. The summed E-state index contributed by atoms with van der Waals surface area (Å²) in [7, 11) is 3.51. The van der Waals surface area contributed by atoms with Crippen molar-refractivity contribution < 1.29 is 14.3 Å². The highest BCUT2D eigenvalue weighted by Crippen LogP contribution is 2.10. The molecule has 0 saturated carbocycles. The average Bonchev–Trinajstić information content (AvgIpc) is 2.38. The number of piperazine rings is 1. The van der Waals surface area contributed by atoms with E-state index in [1.165, 1.54) is 0 Å². The second-order valence-electron chi connectivity index (χ2n) is 5.10. The highest BCUT2D eigenvalue weighted by atomic mass is 16.5. The number of esters is 1. The second-order valence-corrected chi connectivity index (χ2v) is 5.10. The molecule has 2 atom stereocenters. The van der Waals surface area contributed by atoms with Gasteiger partial charge < -0.3 is 15.0 Å². The lowest BCUT2D eigenvalue weighted by molar-refractivity contribution is -0.149. The average molecular weight is 271 g/mol. The predicted molar refractivity (Wildman–Crippen MR) is 72.7 cm³/mol. The van der Waals surface area contributed by atoms with E-state index in [9.17, 15) is 9.59 Å². The summed E-state index contributed by atoms with van der Waals surface area (Å²) in [6.07, 6.45) is 0. The van der Waals surface area contributed by atoms with Gasteiger partial charge in [0.25, 0.3) is 0 Å². The van der Waals surface area contributed by atoms with Gasteiger partial charge in [-0.1, -0.05) is 6.92 Å². The quantitative estimate of drug-likeness (QED) is 0.686. The molecule has 110 valence electrons. The molecule has 6 nitrogen and oxygen atoms in total. The molecule has 1 saturated heterocycles. The van der Waals surface area contributed by atoms with Crippen LogP contribution in [0.1, 0.15) is 13.8 Å². The SMILES string of the molecule is CCOC(=O)C(C)CN1CCNCC1C(=O)N(C)C. The Balaban J connectivity index is 2.62. The summed E-state index contributed by atoms with van der Waals surface area (Å²) in [5.41, 5.74) is 0. The first-order valence-corrected chi connectivity index (χ1v) is 6.80. The van der Waals surface area contributed by atoms with E-state index < -0.39 is 0 Å². The van der Waals surface area contributed by atoms with Crippen LogP contribution in [0.15, 0.2) is 0 Å². The standard InChI is InChI=1S/C13H25N3O3/c1-5-19-13(18)10(2)9-16-7-6-14-8-11(16)12(17)15(3)4/h10-11,14H,5-9H2,1-4H3. The highest BCUT2D eigenvalue weighted by Gasteiger charge is 2.31. The van der Waals surface area contributed by atoms with Gasteiger partial charge in [0.2, 0.25) is 5.91 Å². The van der Waals surface area contributed by atoms with Crippen LogP contribution >= 0.6 is 0 Å². The Kier molecular flexibility index (Phi) is 6.24. The van der Waals surface area contributed by atoms with Gasteiger partial charge in [-0.25, -0.2) is 0 Å². The molecule has 0 radical (unpaired) electrons. The van der Waals surface area contributed by atoms with Crippen LogP contribution in [0.25, 0.3) is 0 Å². The molecule has 1 aliphatic rings. The Bertz CT molecular complexity index is 320. The summed E-state index contributed by atoms with van der Waals surface area (Å²) >= 11 is 0. The van der Waals surface area contributed by atoms with Gasteiger partial charge >= 0.3 is 5.97 Å². The number of amides is 1. The maximum Gasteiger partial charge on any atom is 0.309 e. The van der Waals surface area contributed by atoms with E-state index in [1.807, 2.05) is 6.92 Å². The van der Waals surface area contributed by atoms with Crippen LogP contribution in [-0.2, 0) is 14.3 Å². The normalized spacial score (nSPS) is 21.8. The van der Waals surface area contributed by atoms with E-state index in [0.29, 0.717) is 19.7 Å². The van der Waals surface area contributed by atoms with Crippen LogP contribution in [0, 0.1) is 5.92 Å². The van der Waals surface area contributed by atoms with Gasteiger partial charge in [0.1, 0.15) is 6.04 Å². The summed E-state index contributed by atoms with van der Waals surface area (Å²) in [5, 5.41) is 3.22. The van der Waals surface area contributed by atoms with E-state index in [1.54, 1.807) is 25.9 Å². The van der Waals surface area contributed by atoms with Gasteiger partial charge in [0, 0.05) is 40.3 Å². The van der Waals surface area contributed by atoms with Gasteiger partial charge in [-0.2, -0.15) is 0 Å². The minimum atomic E-state index is -0.212. The van der Waals surface area contributed by atoms with Gasteiger partial charge in [0.15, 0.2) is 0 Å². The van der Waals surface area contributed by atoms with Gasteiger partial charge in [-0.05, 0) is 6.92 Å². The molecule has 0 aromatic carbocycles. The fourth-order valence-corrected chi connectivity index (χ4v) is 2.22. The van der Waals surface area contributed by atoms with Gasteiger partial charge in [-0.3, -0.25) is 14.5 Å². The molecule has 0 spiro atoms. The Hall–Kier alpha value is -1.14. The first kappa shape index (κ1) is 15.9. The molecular formula is C13H25N3O3. The molecule has 1 heterocycles. The van der Waals surface area contributed by atoms with Crippen molar-refractivity contribution in [1.82, 2.24) is 15.1 Å². The number of carbonyl (C=O) groups excluding carboxylic acids is 2. The smallest absolute Gasteiger partial charge is 0.309 e. The van der Waals surface area contributed by atoms with Crippen molar-refractivity contribution >= 4 is 11.9 Å². The fourth-order valence-electron chi connectivity index (χ4n) is 2.22. The monoisotopic (exact) mass is 271 g/mol. The Labute approximate surface area is 115 Å². The molecule has 0 aliphatic carbocycles. The summed E-state index contributed by atoms with van der Waals surface area (Å²) in [5.74, 6) is -0.337. The Morgan fingerprint density at radius 1 is 1.47 bits per heavy atom. The lowest BCUT2D eigenvalue weighted by Gasteiger charge is -2.37. The number of likely N-dealkylation sites (N-methyl/N-ethyl adjacent to an activating group) is 1. The number of rotatable bonds is 5. The molecule has 2 unspecified atom stereocenters. The van der Waals surface area contributed by atoms with Crippen molar-refractivity contribution in [3.05, 3.63) is 0 Å². The zero-order valence-corrected chi connectivity index (χ0v) is 12.3. The number of nitrogens with one attached hydrogen (secondary N) is 1. The Morgan fingerprint density at radius 3 is 2.74 bits per heavy atom. The molecule has 1 rings (SSSR count). The highest BCUT2D eigenvalue weighted by molar-refractivity contribution is 5.82. The maximum atomic E-state index is 12.1. The molecule has 1 N–H and O–H groups in total. The van der Waals surface area contributed by atoms with Crippen LogP contribution in [0.2, 0.25) is 0 Å². The van der Waals surface area contributed by atoms with Crippen molar-refractivity contribution in [2.75, 3.05) is 46.9 Å². The Morgan fingerprint density at radius 2 is 2.16 bits per heavy atom. The van der Waals surface area contributed by atoms with E-state index in [4.69, 9.17) is 4.74 Å². The largest absolute Gasteiger partial charge is 0.466 e. The summed E-state index contributed by atoms with van der Waals surface area (Å²) < 4.78 is 5.01. The zero-order chi connectivity index (χ0) is 14.4. The third-order valence-electron chi connectivity index (χ3n) is 3.28. The van der Waals surface area contributed by atoms with Gasteiger partial charge in [-0.15, -0.1) is 0 Å². The molecular weight excluding hydrogens is 246 g/mol. The second kappa shape index (κ2) is 7.45. The van der Waals surface area contributed by atoms with Crippen LogP contribution in [0.4, 0.5) is 0 Å². The molecule has 1 aliphatic heterocycles. The summed E-state index contributed by atoms with van der Waals surface area (Å²) in [6.45, 7) is 6.84. The minimum Gasteiger partial charge on any atom is -0.466 e. The van der Waals surface area contributed by atoms with Crippen molar-refractivity contribution in [3.8, 4) is 0 Å².